The average molecular weight is 222 g/mol. The minimum atomic E-state index is -0.766. The Bertz CT molecular complexity index is 559. The number of fused-ring (bicyclic) bond motifs is 1. The fourth-order valence-electron chi connectivity index (χ4n) is 1.24. The van der Waals surface area contributed by atoms with Crippen LogP contribution in [-0.4, -0.2) is 31.9 Å². The van der Waals surface area contributed by atoms with E-state index in [2.05, 4.69) is 20.0 Å². The minimum absolute atomic E-state index is 0.0370. The van der Waals surface area contributed by atoms with E-state index in [1.807, 2.05) is 0 Å². The summed E-state index contributed by atoms with van der Waals surface area (Å²) in [6.45, 7) is 0. The highest BCUT2D eigenvalue weighted by Gasteiger charge is 2.37. The maximum Gasteiger partial charge on any atom is 0.369 e. The van der Waals surface area contributed by atoms with Gasteiger partial charge in [0, 0.05) is 11.6 Å². The van der Waals surface area contributed by atoms with Gasteiger partial charge < -0.3 is 4.74 Å². The number of hydrogen-bond donors (Lipinski definition) is 0. The Morgan fingerprint density at radius 1 is 1.33 bits per heavy atom. The van der Waals surface area contributed by atoms with Gasteiger partial charge in [0.2, 0.25) is 10.8 Å². The number of nitrogens with zero attached hydrogens (tertiary/aromatic N) is 4. The quantitative estimate of drug-likeness (QED) is 0.500. The summed E-state index contributed by atoms with van der Waals surface area (Å²) in [6.07, 6.45) is 1.57. The van der Waals surface area contributed by atoms with Crippen LogP contribution in [-0.2, 0) is 4.74 Å². The van der Waals surface area contributed by atoms with Gasteiger partial charge in [0.25, 0.3) is 0 Å². The lowest BCUT2D eigenvalue weighted by Crippen LogP contribution is -2.07. The molecule has 3 rings (SSSR count). The van der Waals surface area contributed by atoms with Crippen molar-refractivity contribution in [3.05, 3.63) is 23.0 Å². The van der Waals surface area contributed by atoms with Crippen LogP contribution in [0.2, 0.25) is 0 Å². The van der Waals surface area contributed by atoms with Crippen molar-refractivity contribution in [1.82, 2.24) is 20.0 Å². The van der Waals surface area contributed by atoms with Crippen LogP contribution < -0.4 is 0 Å². The van der Waals surface area contributed by atoms with E-state index in [9.17, 15) is 9.59 Å². The summed E-state index contributed by atoms with van der Waals surface area (Å²) >= 11 is 1.28. The Hall–Kier alpha value is -2.09. The summed E-state index contributed by atoms with van der Waals surface area (Å²) in [7, 11) is 0. The lowest BCUT2D eigenvalue weighted by Gasteiger charge is -1.94. The summed E-state index contributed by atoms with van der Waals surface area (Å²) in [4.78, 5) is 26.3. The Balaban J connectivity index is 2.25. The van der Waals surface area contributed by atoms with Gasteiger partial charge in [-0.1, -0.05) is 5.21 Å². The first-order valence-corrected chi connectivity index (χ1v) is 4.77. The molecular weight excluding hydrogens is 220 g/mol. The van der Waals surface area contributed by atoms with Gasteiger partial charge >= 0.3 is 11.9 Å². The molecule has 0 unspecified atom stereocenters. The number of carbonyl (C=O) groups is 2. The molecule has 3 heterocycles. The summed E-state index contributed by atoms with van der Waals surface area (Å²) in [5.41, 5.74) is -0.0230. The predicted molar refractivity (Wildman–Crippen MR) is 46.8 cm³/mol. The SMILES string of the molecule is O=C1OC(=O)c2c1nnn2-c1nccs1. The third-order valence-corrected chi connectivity index (χ3v) is 2.59. The minimum Gasteiger partial charge on any atom is -0.383 e. The molecule has 0 bridgehead atoms. The lowest BCUT2D eigenvalue weighted by molar-refractivity contribution is 0.0434. The van der Waals surface area contributed by atoms with Gasteiger partial charge in [-0.2, -0.15) is 4.68 Å². The van der Waals surface area contributed by atoms with Gasteiger partial charge in [-0.25, -0.2) is 14.6 Å². The van der Waals surface area contributed by atoms with Gasteiger partial charge in [0.05, 0.1) is 0 Å². The number of ether oxygens (including phenoxy) is 1. The zero-order valence-electron chi connectivity index (χ0n) is 7.08. The van der Waals surface area contributed by atoms with Crippen molar-refractivity contribution in [3.63, 3.8) is 0 Å². The standard InChI is InChI=1S/C7H2N4O3S/c12-5-3-4(6(13)14-5)11(10-9-3)7-8-1-2-15-7/h1-2H. The number of aromatic nitrogens is 4. The summed E-state index contributed by atoms with van der Waals surface area (Å²) in [6, 6.07) is 0. The van der Waals surface area contributed by atoms with E-state index in [0.29, 0.717) is 5.13 Å². The zero-order valence-corrected chi connectivity index (χ0v) is 7.89. The molecule has 2 aromatic rings. The largest absolute Gasteiger partial charge is 0.383 e. The van der Waals surface area contributed by atoms with Crippen molar-refractivity contribution in [2.75, 3.05) is 0 Å². The third-order valence-electron chi connectivity index (χ3n) is 1.84. The number of cyclic esters (lactones) is 2. The van der Waals surface area contributed by atoms with E-state index >= 15 is 0 Å². The molecule has 8 heteroatoms. The zero-order chi connectivity index (χ0) is 10.4. The highest BCUT2D eigenvalue weighted by molar-refractivity contribution is 7.12. The Kier molecular flexibility index (Phi) is 1.48. The molecule has 0 amide bonds. The first-order chi connectivity index (χ1) is 7.27. The number of esters is 2. The molecule has 0 radical (unpaired) electrons. The molecule has 1 aliphatic heterocycles. The fraction of sp³-hybridized carbons (Fsp3) is 0. The van der Waals surface area contributed by atoms with Gasteiger partial charge in [-0.3, -0.25) is 0 Å². The van der Waals surface area contributed by atoms with Crippen molar-refractivity contribution in [3.8, 4) is 5.13 Å². The van der Waals surface area contributed by atoms with Crippen LogP contribution in [0.3, 0.4) is 0 Å². The van der Waals surface area contributed by atoms with E-state index in [4.69, 9.17) is 0 Å². The highest BCUT2D eigenvalue weighted by atomic mass is 32.1. The van der Waals surface area contributed by atoms with Crippen LogP contribution in [0.4, 0.5) is 0 Å². The monoisotopic (exact) mass is 222 g/mol. The maximum atomic E-state index is 11.3. The molecule has 0 spiro atoms. The van der Waals surface area contributed by atoms with Gasteiger partial charge in [-0.05, 0) is 0 Å². The third kappa shape index (κ3) is 1.02. The number of carbonyl (C=O) groups excluding carboxylic acids is 2. The Morgan fingerprint density at radius 2 is 2.20 bits per heavy atom. The fourth-order valence-corrected chi connectivity index (χ4v) is 1.83. The molecule has 0 aromatic carbocycles. The molecule has 0 saturated heterocycles. The number of thiazole rings is 1. The molecule has 2 aromatic heterocycles. The van der Waals surface area contributed by atoms with E-state index in [1.165, 1.54) is 16.0 Å². The van der Waals surface area contributed by atoms with E-state index in [-0.39, 0.29) is 11.4 Å². The van der Waals surface area contributed by atoms with Gasteiger partial charge in [-0.15, -0.1) is 16.4 Å². The molecule has 7 nitrogen and oxygen atoms in total. The molecular formula is C7H2N4O3S. The van der Waals surface area contributed by atoms with Crippen molar-refractivity contribution < 1.29 is 14.3 Å². The van der Waals surface area contributed by atoms with Gasteiger partial charge in [0.15, 0.2) is 5.69 Å². The summed E-state index contributed by atoms with van der Waals surface area (Å²) in [5, 5.41) is 9.44. The molecule has 15 heavy (non-hydrogen) atoms. The van der Waals surface area contributed by atoms with Crippen molar-refractivity contribution >= 4 is 23.3 Å². The molecule has 0 atom stereocenters. The lowest BCUT2D eigenvalue weighted by atomic mass is 10.4. The molecule has 1 aliphatic rings. The highest BCUT2D eigenvalue weighted by Crippen LogP contribution is 2.21. The van der Waals surface area contributed by atoms with Crippen LogP contribution in [0, 0.1) is 0 Å². The summed E-state index contributed by atoms with van der Waals surface area (Å²) < 4.78 is 5.59. The first kappa shape index (κ1) is 8.24. The average Bonchev–Trinajstić information content (AvgIpc) is 2.88. The Labute approximate surface area is 86.3 Å². The van der Waals surface area contributed by atoms with Crippen LogP contribution in [0.5, 0.6) is 0 Å². The number of rotatable bonds is 1. The smallest absolute Gasteiger partial charge is 0.369 e. The molecule has 0 fully saturated rings. The maximum absolute atomic E-state index is 11.3. The predicted octanol–water partition coefficient (Wildman–Crippen LogP) is 0.0344. The first-order valence-electron chi connectivity index (χ1n) is 3.89. The molecule has 74 valence electrons. The topological polar surface area (TPSA) is 87.0 Å². The molecule has 0 saturated carbocycles. The van der Waals surface area contributed by atoms with Crippen LogP contribution in [0.25, 0.3) is 5.13 Å². The number of hydrogen-bond acceptors (Lipinski definition) is 7. The van der Waals surface area contributed by atoms with Crippen molar-refractivity contribution in [1.29, 1.82) is 0 Å². The Morgan fingerprint density at radius 3 is 2.93 bits per heavy atom. The molecule has 0 aliphatic carbocycles. The second kappa shape index (κ2) is 2.70. The van der Waals surface area contributed by atoms with Crippen molar-refractivity contribution in [2.24, 2.45) is 0 Å². The van der Waals surface area contributed by atoms with E-state index < -0.39 is 11.9 Å². The summed E-state index contributed by atoms with van der Waals surface area (Å²) in [5.74, 6) is -1.51. The second-order valence-electron chi connectivity index (χ2n) is 2.69. The van der Waals surface area contributed by atoms with Crippen LogP contribution >= 0.6 is 11.3 Å². The molecule has 0 N–H and O–H groups in total. The van der Waals surface area contributed by atoms with Gasteiger partial charge in [0.1, 0.15) is 0 Å². The van der Waals surface area contributed by atoms with E-state index in [1.54, 1.807) is 11.6 Å². The van der Waals surface area contributed by atoms with E-state index in [0.717, 1.165) is 0 Å². The van der Waals surface area contributed by atoms with Crippen molar-refractivity contribution in [2.45, 2.75) is 0 Å². The van der Waals surface area contributed by atoms with Crippen LogP contribution in [0.15, 0.2) is 11.6 Å². The normalized spacial score (nSPS) is 14.1. The second-order valence-corrected chi connectivity index (χ2v) is 3.56. The van der Waals surface area contributed by atoms with Crippen LogP contribution in [0.1, 0.15) is 21.0 Å².